The molecule has 0 aliphatic carbocycles. The summed E-state index contributed by atoms with van der Waals surface area (Å²) in [6.07, 6.45) is 2.51. The van der Waals surface area contributed by atoms with Crippen LogP contribution in [-0.2, 0) is 5.41 Å². The smallest absolute Gasteiger partial charge is 0.134 e. The summed E-state index contributed by atoms with van der Waals surface area (Å²) in [4.78, 5) is 8.86. The minimum atomic E-state index is -0.265. The van der Waals surface area contributed by atoms with Crippen LogP contribution < -0.4 is 5.73 Å². The number of hydrogen-bond acceptors (Lipinski definition) is 3. The van der Waals surface area contributed by atoms with Crippen LogP contribution in [0.5, 0.6) is 0 Å². The van der Waals surface area contributed by atoms with E-state index in [0.717, 1.165) is 23.5 Å². The Hall–Kier alpha value is -1.81. The highest BCUT2D eigenvalue weighted by Crippen LogP contribution is 2.25. The fourth-order valence-electron chi connectivity index (χ4n) is 1.97. The molecule has 0 spiro atoms. The van der Waals surface area contributed by atoms with Crippen molar-refractivity contribution >= 4 is 0 Å². The van der Waals surface area contributed by atoms with Crippen molar-refractivity contribution in [3.63, 3.8) is 0 Å². The topological polar surface area (TPSA) is 51.8 Å². The van der Waals surface area contributed by atoms with E-state index in [2.05, 4.69) is 23.8 Å². The molecule has 2 aromatic rings. The van der Waals surface area contributed by atoms with Gasteiger partial charge in [-0.1, -0.05) is 26.0 Å². The van der Waals surface area contributed by atoms with Gasteiger partial charge in [0.05, 0.1) is 5.69 Å². The van der Waals surface area contributed by atoms with Gasteiger partial charge in [-0.25, -0.2) is 14.4 Å². The van der Waals surface area contributed by atoms with Crippen LogP contribution in [0.4, 0.5) is 4.39 Å². The number of rotatable bonds is 4. The van der Waals surface area contributed by atoms with E-state index in [0.29, 0.717) is 6.54 Å². The second kappa shape index (κ2) is 5.45. The minimum absolute atomic E-state index is 0.182. The van der Waals surface area contributed by atoms with Crippen LogP contribution in [-0.4, -0.2) is 16.5 Å². The van der Waals surface area contributed by atoms with Crippen molar-refractivity contribution in [2.75, 3.05) is 6.54 Å². The van der Waals surface area contributed by atoms with Crippen molar-refractivity contribution in [3.8, 4) is 11.3 Å². The standard InChI is InChI=1S/C15H18FN3/c1-15(2,7-8-17)14-18-9-6-13(19-14)11-4-3-5-12(16)10-11/h3-6,9-10H,7-8,17H2,1-2H3. The van der Waals surface area contributed by atoms with Gasteiger partial charge < -0.3 is 5.73 Å². The van der Waals surface area contributed by atoms with Crippen molar-refractivity contribution in [2.45, 2.75) is 25.7 Å². The van der Waals surface area contributed by atoms with Crippen molar-refractivity contribution in [2.24, 2.45) is 5.73 Å². The maximum atomic E-state index is 13.2. The van der Waals surface area contributed by atoms with Gasteiger partial charge >= 0.3 is 0 Å². The zero-order valence-electron chi connectivity index (χ0n) is 11.2. The summed E-state index contributed by atoms with van der Waals surface area (Å²) in [5.74, 6) is 0.471. The minimum Gasteiger partial charge on any atom is -0.330 e. The van der Waals surface area contributed by atoms with E-state index in [4.69, 9.17) is 5.73 Å². The quantitative estimate of drug-likeness (QED) is 0.918. The molecule has 0 bridgehead atoms. The molecule has 1 heterocycles. The SMILES string of the molecule is CC(C)(CCN)c1nccc(-c2cccc(F)c2)n1. The van der Waals surface area contributed by atoms with E-state index < -0.39 is 0 Å². The molecule has 0 radical (unpaired) electrons. The fourth-order valence-corrected chi connectivity index (χ4v) is 1.97. The van der Waals surface area contributed by atoms with Gasteiger partial charge in [-0.2, -0.15) is 0 Å². The molecule has 2 rings (SSSR count). The molecule has 0 saturated heterocycles. The van der Waals surface area contributed by atoms with E-state index >= 15 is 0 Å². The lowest BCUT2D eigenvalue weighted by Gasteiger charge is -2.22. The lowest BCUT2D eigenvalue weighted by atomic mass is 9.88. The lowest BCUT2D eigenvalue weighted by Crippen LogP contribution is -2.24. The summed E-state index contributed by atoms with van der Waals surface area (Å²) in [5.41, 5.74) is 6.92. The molecule has 100 valence electrons. The van der Waals surface area contributed by atoms with E-state index in [1.807, 2.05) is 6.07 Å². The fraction of sp³-hybridized carbons (Fsp3) is 0.333. The molecular weight excluding hydrogens is 241 g/mol. The van der Waals surface area contributed by atoms with Gasteiger partial charge in [-0.3, -0.25) is 0 Å². The Morgan fingerprint density at radius 1 is 1.26 bits per heavy atom. The van der Waals surface area contributed by atoms with Crippen LogP contribution in [0.1, 0.15) is 26.1 Å². The Morgan fingerprint density at radius 3 is 2.74 bits per heavy atom. The molecule has 0 unspecified atom stereocenters. The average Bonchev–Trinajstić information content (AvgIpc) is 2.39. The number of nitrogens with zero attached hydrogens (tertiary/aromatic N) is 2. The van der Waals surface area contributed by atoms with Crippen LogP contribution in [0.2, 0.25) is 0 Å². The molecule has 2 N–H and O–H groups in total. The molecule has 0 amide bonds. The van der Waals surface area contributed by atoms with Crippen LogP contribution in [0.3, 0.4) is 0 Å². The molecule has 0 aliphatic heterocycles. The summed E-state index contributed by atoms with van der Waals surface area (Å²) in [7, 11) is 0. The number of benzene rings is 1. The Labute approximate surface area is 112 Å². The maximum Gasteiger partial charge on any atom is 0.134 e. The van der Waals surface area contributed by atoms with Crippen LogP contribution in [0.25, 0.3) is 11.3 Å². The lowest BCUT2D eigenvalue weighted by molar-refractivity contribution is 0.457. The van der Waals surface area contributed by atoms with E-state index in [-0.39, 0.29) is 11.2 Å². The molecule has 0 saturated carbocycles. The van der Waals surface area contributed by atoms with Gasteiger partial charge in [-0.05, 0) is 31.2 Å². The van der Waals surface area contributed by atoms with Crippen molar-refractivity contribution in [1.29, 1.82) is 0 Å². The van der Waals surface area contributed by atoms with Crippen LogP contribution in [0, 0.1) is 5.82 Å². The first kappa shape index (κ1) is 13.6. The second-order valence-corrected chi connectivity index (χ2v) is 5.20. The summed E-state index contributed by atoms with van der Waals surface area (Å²) in [6, 6.07) is 8.20. The molecular formula is C15H18FN3. The molecule has 1 aromatic heterocycles. The Morgan fingerprint density at radius 2 is 2.05 bits per heavy atom. The third-order valence-corrected chi connectivity index (χ3v) is 3.15. The zero-order valence-corrected chi connectivity index (χ0v) is 11.2. The third kappa shape index (κ3) is 3.15. The largest absolute Gasteiger partial charge is 0.330 e. The summed E-state index contributed by atoms with van der Waals surface area (Å²) >= 11 is 0. The first-order chi connectivity index (χ1) is 9.03. The van der Waals surface area contributed by atoms with Gasteiger partial charge in [0.15, 0.2) is 0 Å². The normalized spacial score (nSPS) is 11.6. The molecule has 1 aromatic carbocycles. The van der Waals surface area contributed by atoms with Crippen molar-refractivity contribution in [1.82, 2.24) is 9.97 Å². The Bertz CT molecular complexity index is 567. The van der Waals surface area contributed by atoms with Crippen molar-refractivity contribution in [3.05, 3.63) is 48.2 Å². The summed E-state index contributed by atoms with van der Waals surface area (Å²) in [5, 5.41) is 0. The monoisotopic (exact) mass is 259 g/mol. The van der Waals surface area contributed by atoms with E-state index in [9.17, 15) is 4.39 Å². The number of nitrogens with two attached hydrogens (primary N) is 1. The van der Waals surface area contributed by atoms with Gasteiger partial charge in [0, 0.05) is 17.2 Å². The van der Waals surface area contributed by atoms with Crippen LogP contribution >= 0.6 is 0 Å². The maximum absolute atomic E-state index is 13.2. The predicted molar refractivity (Wildman–Crippen MR) is 74.1 cm³/mol. The third-order valence-electron chi connectivity index (χ3n) is 3.15. The summed E-state index contributed by atoms with van der Waals surface area (Å²) in [6.45, 7) is 4.70. The number of halogens is 1. The summed E-state index contributed by atoms with van der Waals surface area (Å²) < 4.78 is 13.2. The molecule has 3 nitrogen and oxygen atoms in total. The van der Waals surface area contributed by atoms with Gasteiger partial charge in [0.2, 0.25) is 0 Å². The number of aromatic nitrogens is 2. The Kier molecular flexibility index (Phi) is 3.90. The molecule has 0 fully saturated rings. The molecule has 0 aliphatic rings. The zero-order chi connectivity index (χ0) is 13.9. The van der Waals surface area contributed by atoms with Crippen LogP contribution in [0.15, 0.2) is 36.5 Å². The van der Waals surface area contributed by atoms with E-state index in [1.165, 1.54) is 12.1 Å². The predicted octanol–water partition coefficient (Wildman–Crippen LogP) is 2.91. The average molecular weight is 259 g/mol. The van der Waals surface area contributed by atoms with Gasteiger partial charge in [0.1, 0.15) is 11.6 Å². The highest BCUT2D eigenvalue weighted by atomic mass is 19.1. The highest BCUT2D eigenvalue weighted by molar-refractivity contribution is 5.58. The van der Waals surface area contributed by atoms with Gasteiger partial charge in [-0.15, -0.1) is 0 Å². The van der Waals surface area contributed by atoms with E-state index in [1.54, 1.807) is 18.3 Å². The highest BCUT2D eigenvalue weighted by Gasteiger charge is 2.23. The Balaban J connectivity index is 2.40. The number of hydrogen-bond donors (Lipinski definition) is 1. The second-order valence-electron chi connectivity index (χ2n) is 5.20. The molecule has 0 atom stereocenters. The molecule has 4 heteroatoms. The molecule has 19 heavy (non-hydrogen) atoms. The first-order valence-corrected chi connectivity index (χ1v) is 6.32. The van der Waals surface area contributed by atoms with Crippen molar-refractivity contribution < 1.29 is 4.39 Å². The first-order valence-electron chi connectivity index (χ1n) is 6.32. The van der Waals surface area contributed by atoms with Gasteiger partial charge in [0.25, 0.3) is 0 Å².